The fraction of sp³-hybridized carbons (Fsp3) is 0.0769. The highest BCUT2D eigenvalue weighted by Gasteiger charge is 2.05. The lowest BCUT2D eigenvalue weighted by molar-refractivity contribution is 0.555. The third-order valence-electron chi connectivity index (χ3n) is 2.73. The van der Waals surface area contributed by atoms with Gasteiger partial charge in [0.2, 0.25) is 5.95 Å². The number of oxazole rings is 1. The van der Waals surface area contributed by atoms with E-state index in [0.717, 1.165) is 11.1 Å². The van der Waals surface area contributed by atoms with Gasteiger partial charge in [-0.3, -0.25) is 4.98 Å². The monoisotopic (exact) mass is 267 g/mol. The second-order valence-corrected chi connectivity index (χ2v) is 4.03. The molecule has 0 radical (unpaired) electrons. The number of nitrogens with zero attached hydrogens (tertiary/aromatic N) is 3. The van der Waals surface area contributed by atoms with E-state index in [1.807, 2.05) is 12.1 Å². The molecule has 0 saturated heterocycles. The molecule has 0 amide bonds. The van der Waals surface area contributed by atoms with E-state index in [9.17, 15) is 4.79 Å². The average molecular weight is 267 g/mol. The lowest BCUT2D eigenvalue weighted by Crippen LogP contribution is -2.02. The van der Waals surface area contributed by atoms with Crippen LogP contribution in [0.2, 0.25) is 0 Å². The van der Waals surface area contributed by atoms with Gasteiger partial charge in [-0.25, -0.2) is 14.8 Å². The maximum Gasteiger partial charge on any atom is 0.417 e. The maximum atomic E-state index is 11.1. The molecule has 2 heterocycles. The molecular weight excluding hydrogens is 258 g/mol. The molecule has 0 aliphatic carbocycles. The summed E-state index contributed by atoms with van der Waals surface area (Å²) in [6.07, 6.45) is 3.28. The summed E-state index contributed by atoms with van der Waals surface area (Å²) in [6.45, 7) is 0.153. The van der Waals surface area contributed by atoms with E-state index in [1.54, 1.807) is 24.5 Å². The van der Waals surface area contributed by atoms with Crippen molar-refractivity contribution in [1.82, 2.24) is 15.0 Å². The quantitative estimate of drug-likeness (QED) is 0.696. The first-order valence-electron chi connectivity index (χ1n) is 5.82. The smallest absolute Gasteiger partial charge is 0.408 e. The summed E-state index contributed by atoms with van der Waals surface area (Å²) in [5.41, 5.74) is 2.76. The third kappa shape index (κ3) is 2.22. The maximum absolute atomic E-state index is 11.1. The van der Waals surface area contributed by atoms with Crippen molar-refractivity contribution in [3.05, 3.63) is 41.1 Å². The summed E-state index contributed by atoms with van der Waals surface area (Å²) in [5.74, 6) is -0.0889. The summed E-state index contributed by atoms with van der Waals surface area (Å²) in [6, 6.07) is 7.30. The van der Waals surface area contributed by atoms with Crippen LogP contribution in [0.15, 0.2) is 39.8 Å². The first kappa shape index (κ1) is 11.9. The van der Waals surface area contributed by atoms with Gasteiger partial charge >= 0.3 is 5.76 Å². The van der Waals surface area contributed by atoms with Crippen LogP contribution in [0, 0.1) is 11.3 Å². The number of rotatable bonds is 3. The molecule has 98 valence electrons. The summed E-state index contributed by atoms with van der Waals surface area (Å²) in [5, 5.41) is 11.2. The van der Waals surface area contributed by atoms with Crippen LogP contribution in [-0.2, 0) is 0 Å². The molecule has 0 bridgehead atoms. The largest absolute Gasteiger partial charge is 0.417 e. The molecule has 0 fully saturated rings. The summed E-state index contributed by atoms with van der Waals surface area (Å²) in [4.78, 5) is 21.9. The third-order valence-corrected chi connectivity index (χ3v) is 2.73. The summed E-state index contributed by atoms with van der Waals surface area (Å²) < 4.78 is 5.01. The highest BCUT2D eigenvalue weighted by atomic mass is 16.4. The zero-order chi connectivity index (χ0) is 13.9. The minimum Gasteiger partial charge on any atom is -0.408 e. The van der Waals surface area contributed by atoms with E-state index in [1.165, 1.54) is 0 Å². The van der Waals surface area contributed by atoms with Crippen molar-refractivity contribution in [3.63, 3.8) is 0 Å². The Morgan fingerprint density at radius 1 is 1.30 bits per heavy atom. The van der Waals surface area contributed by atoms with E-state index in [-0.39, 0.29) is 6.54 Å². The zero-order valence-corrected chi connectivity index (χ0v) is 10.3. The number of hydrogen-bond donors (Lipinski definition) is 2. The average Bonchev–Trinajstić information content (AvgIpc) is 2.84. The highest BCUT2D eigenvalue weighted by Crippen LogP contribution is 2.22. The molecule has 3 rings (SSSR count). The van der Waals surface area contributed by atoms with Crippen molar-refractivity contribution in [3.8, 4) is 17.2 Å². The van der Waals surface area contributed by atoms with Crippen LogP contribution in [0.3, 0.4) is 0 Å². The lowest BCUT2D eigenvalue weighted by atomic mass is 10.1. The van der Waals surface area contributed by atoms with Crippen molar-refractivity contribution in [2.24, 2.45) is 0 Å². The Bertz CT molecular complexity index is 842. The number of H-pyrrole nitrogens is 1. The van der Waals surface area contributed by atoms with Gasteiger partial charge in [-0.2, -0.15) is 5.26 Å². The number of fused-ring (bicyclic) bond motifs is 1. The number of anilines is 1. The van der Waals surface area contributed by atoms with Crippen molar-refractivity contribution >= 4 is 17.0 Å². The molecule has 0 saturated carbocycles. The Balaban J connectivity index is 1.94. The Labute approximate surface area is 112 Å². The van der Waals surface area contributed by atoms with E-state index in [4.69, 9.17) is 9.68 Å². The van der Waals surface area contributed by atoms with Gasteiger partial charge in [0.25, 0.3) is 0 Å². The van der Waals surface area contributed by atoms with Crippen LogP contribution in [0.4, 0.5) is 5.95 Å². The minimum atomic E-state index is -0.482. The van der Waals surface area contributed by atoms with Crippen molar-refractivity contribution in [1.29, 1.82) is 5.26 Å². The SMILES string of the molecule is N#CCNc1ncc(-c2ccc3[nH]c(=O)oc3c2)cn1. The fourth-order valence-electron chi connectivity index (χ4n) is 1.81. The molecule has 7 heteroatoms. The Morgan fingerprint density at radius 2 is 2.10 bits per heavy atom. The van der Waals surface area contributed by atoms with Crippen LogP contribution in [0.5, 0.6) is 0 Å². The first-order valence-corrected chi connectivity index (χ1v) is 5.82. The molecule has 20 heavy (non-hydrogen) atoms. The number of nitrogens with one attached hydrogen (secondary N) is 2. The summed E-state index contributed by atoms with van der Waals surface area (Å²) >= 11 is 0. The summed E-state index contributed by atoms with van der Waals surface area (Å²) in [7, 11) is 0. The van der Waals surface area contributed by atoms with E-state index >= 15 is 0 Å². The van der Waals surface area contributed by atoms with E-state index < -0.39 is 5.76 Å². The predicted octanol–water partition coefficient (Wildman–Crippen LogP) is 1.51. The number of benzene rings is 1. The minimum absolute atomic E-state index is 0.153. The molecule has 2 N–H and O–H groups in total. The first-order chi connectivity index (χ1) is 9.76. The van der Waals surface area contributed by atoms with Crippen LogP contribution < -0.4 is 11.1 Å². The molecular formula is C13H9N5O2. The van der Waals surface area contributed by atoms with Gasteiger partial charge in [0, 0.05) is 18.0 Å². The molecule has 0 aliphatic rings. The number of aromatic amines is 1. The van der Waals surface area contributed by atoms with Gasteiger partial charge in [0.15, 0.2) is 5.58 Å². The molecule has 0 spiro atoms. The topological polar surface area (TPSA) is 108 Å². The molecule has 7 nitrogen and oxygen atoms in total. The highest BCUT2D eigenvalue weighted by molar-refractivity contribution is 5.79. The zero-order valence-electron chi connectivity index (χ0n) is 10.3. The predicted molar refractivity (Wildman–Crippen MR) is 72.0 cm³/mol. The molecule has 2 aromatic heterocycles. The van der Waals surface area contributed by atoms with Gasteiger partial charge in [0.05, 0.1) is 11.6 Å². The van der Waals surface area contributed by atoms with Crippen LogP contribution in [0.1, 0.15) is 0 Å². The Kier molecular flexibility index (Phi) is 2.89. The van der Waals surface area contributed by atoms with Gasteiger partial charge in [-0.15, -0.1) is 0 Å². The Morgan fingerprint density at radius 3 is 2.85 bits per heavy atom. The lowest BCUT2D eigenvalue weighted by Gasteiger charge is -2.02. The second-order valence-electron chi connectivity index (χ2n) is 4.03. The molecule has 0 atom stereocenters. The van der Waals surface area contributed by atoms with Crippen molar-refractivity contribution in [2.75, 3.05) is 11.9 Å². The number of hydrogen-bond acceptors (Lipinski definition) is 6. The molecule has 1 aromatic carbocycles. The van der Waals surface area contributed by atoms with E-state index in [0.29, 0.717) is 17.0 Å². The van der Waals surface area contributed by atoms with Gasteiger partial charge in [-0.05, 0) is 17.7 Å². The Hall–Kier alpha value is -3.14. The standard InChI is InChI=1S/C13H9N5O2/c14-3-4-15-12-16-6-9(7-17-12)8-1-2-10-11(5-8)20-13(19)18-10/h1-2,5-7H,4H2,(H,18,19)(H,15,16,17). The van der Waals surface area contributed by atoms with Crippen LogP contribution >= 0.6 is 0 Å². The van der Waals surface area contributed by atoms with Gasteiger partial charge in [0.1, 0.15) is 6.54 Å². The molecule has 3 aromatic rings. The van der Waals surface area contributed by atoms with Crippen molar-refractivity contribution in [2.45, 2.75) is 0 Å². The molecule has 0 aliphatic heterocycles. The van der Waals surface area contributed by atoms with Crippen LogP contribution in [0.25, 0.3) is 22.2 Å². The van der Waals surface area contributed by atoms with Crippen LogP contribution in [-0.4, -0.2) is 21.5 Å². The fourth-order valence-corrected chi connectivity index (χ4v) is 1.81. The normalized spacial score (nSPS) is 10.3. The second kappa shape index (κ2) is 4.85. The van der Waals surface area contributed by atoms with E-state index in [2.05, 4.69) is 20.3 Å². The van der Waals surface area contributed by atoms with Gasteiger partial charge in [-0.1, -0.05) is 6.07 Å². The number of nitriles is 1. The number of aromatic nitrogens is 3. The van der Waals surface area contributed by atoms with Crippen molar-refractivity contribution < 1.29 is 4.42 Å². The molecule has 0 unspecified atom stereocenters. The van der Waals surface area contributed by atoms with Gasteiger partial charge < -0.3 is 9.73 Å².